The Morgan fingerprint density at radius 1 is 1.16 bits per heavy atom. The van der Waals surface area contributed by atoms with E-state index in [1.807, 2.05) is 6.07 Å². The average molecular weight is 347 g/mol. The predicted molar refractivity (Wildman–Crippen MR) is 85.8 cm³/mol. The molecule has 0 bridgehead atoms. The average Bonchev–Trinajstić information content (AvgIpc) is 2.35. The SMILES string of the molecule is CCc1ccc(C(Br)C(C)(C)S(C)(=O)=O)cc1CC. The van der Waals surface area contributed by atoms with Crippen molar-refractivity contribution in [3.8, 4) is 0 Å². The van der Waals surface area contributed by atoms with Crippen molar-refractivity contribution in [2.45, 2.75) is 50.1 Å². The van der Waals surface area contributed by atoms with Gasteiger partial charge in [-0.2, -0.15) is 0 Å². The van der Waals surface area contributed by atoms with Crippen molar-refractivity contribution >= 4 is 25.8 Å². The number of sulfone groups is 1. The summed E-state index contributed by atoms with van der Waals surface area (Å²) in [4.78, 5) is -0.203. The minimum Gasteiger partial charge on any atom is -0.229 e. The summed E-state index contributed by atoms with van der Waals surface area (Å²) in [6.45, 7) is 7.80. The van der Waals surface area contributed by atoms with Gasteiger partial charge in [0.05, 0.1) is 9.57 Å². The summed E-state index contributed by atoms with van der Waals surface area (Å²) in [7, 11) is -3.13. The van der Waals surface area contributed by atoms with Crippen LogP contribution in [-0.2, 0) is 22.7 Å². The van der Waals surface area contributed by atoms with Crippen molar-refractivity contribution in [1.29, 1.82) is 0 Å². The van der Waals surface area contributed by atoms with Gasteiger partial charge in [0.1, 0.15) is 0 Å². The maximum Gasteiger partial charge on any atom is 0.154 e. The normalized spacial score (nSPS) is 14.4. The van der Waals surface area contributed by atoms with E-state index in [2.05, 4.69) is 41.9 Å². The Morgan fingerprint density at radius 3 is 2.11 bits per heavy atom. The second-order valence-electron chi connectivity index (χ2n) is 5.47. The lowest BCUT2D eigenvalue weighted by molar-refractivity contribution is 0.548. The highest BCUT2D eigenvalue weighted by Gasteiger charge is 2.38. The van der Waals surface area contributed by atoms with Crippen LogP contribution in [0.1, 0.15) is 49.2 Å². The lowest BCUT2D eigenvalue weighted by Gasteiger charge is -2.29. The molecular formula is C15H23BrO2S. The zero-order chi connectivity index (χ0) is 14.8. The van der Waals surface area contributed by atoms with Gasteiger partial charge in [-0.3, -0.25) is 0 Å². The van der Waals surface area contributed by atoms with Crippen molar-refractivity contribution in [3.05, 3.63) is 34.9 Å². The quantitative estimate of drug-likeness (QED) is 0.753. The van der Waals surface area contributed by atoms with Gasteiger partial charge in [-0.05, 0) is 43.4 Å². The maximum absolute atomic E-state index is 11.9. The van der Waals surface area contributed by atoms with Gasteiger partial charge in [-0.1, -0.05) is 48.0 Å². The Balaban J connectivity index is 3.24. The molecule has 0 aliphatic heterocycles. The van der Waals surface area contributed by atoms with E-state index in [9.17, 15) is 8.42 Å². The summed E-state index contributed by atoms with van der Waals surface area (Å²) >= 11 is 3.57. The number of hydrogen-bond acceptors (Lipinski definition) is 2. The van der Waals surface area contributed by atoms with Gasteiger partial charge >= 0.3 is 0 Å². The number of rotatable bonds is 5. The topological polar surface area (TPSA) is 34.1 Å². The molecule has 0 saturated heterocycles. The van der Waals surface area contributed by atoms with E-state index in [0.29, 0.717) is 0 Å². The molecule has 0 spiro atoms. The number of aryl methyl sites for hydroxylation is 2. The molecule has 0 aliphatic carbocycles. The largest absolute Gasteiger partial charge is 0.229 e. The first kappa shape index (κ1) is 16.7. The van der Waals surface area contributed by atoms with Crippen LogP contribution in [0.2, 0.25) is 0 Å². The Hall–Kier alpha value is -0.350. The fourth-order valence-corrected chi connectivity index (χ4v) is 3.88. The van der Waals surface area contributed by atoms with Crippen LogP contribution < -0.4 is 0 Å². The van der Waals surface area contributed by atoms with Crippen molar-refractivity contribution in [3.63, 3.8) is 0 Å². The molecule has 108 valence electrons. The molecule has 1 aromatic rings. The fourth-order valence-electron chi connectivity index (χ4n) is 2.07. The summed E-state index contributed by atoms with van der Waals surface area (Å²) in [5, 5.41) is 0. The van der Waals surface area contributed by atoms with E-state index in [1.165, 1.54) is 17.4 Å². The highest BCUT2D eigenvalue weighted by Crippen LogP contribution is 2.39. The Bertz CT molecular complexity index is 547. The third kappa shape index (κ3) is 3.40. The molecule has 1 aromatic carbocycles. The first-order chi connectivity index (χ1) is 8.65. The summed E-state index contributed by atoms with van der Waals surface area (Å²) in [5.41, 5.74) is 3.67. The molecule has 1 rings (SSSR count). The molecule has 0 aliphatic rings. The third-order valence-corrected chi connectivity index (χ3v) is 7.97. The Kier molecular flexibility index (Phi) is 5.24. The standard InChI is InChI=1S/C15H23BrO2S/c1-6-11-8-9-13(10-12(11)7-2)14(16)15(3,4)19(5,17)18/h8-10,14H,6-7H2,1-5H3. The van der Waals surface area contributed by atoms with Crippen LogP contribution in [0.3, 0.4) is 0 Å². The van der Waals surface area contributed by atoms with E-state index in [-0.39, 0.29) is 4.83 Å². The molecule has 1 atom stereocenters. The van der Waals surface area contributed by atoms with E-state index in [0.717, 1.165) is 18.4 Å². The van der Waals surface area contributed by atoms with Crippen LogP contribution >= 0.6 is 15.9 Å². The number of halogens is 1. The van der Waals surface area contributed by atoms with Gasteiger partial charge in [0.15, 0.2) is 9.84 Å². The molecule has 0 amide bonds. The molecule has 0 heterocycles. The minimum absolute atomic E-state index is 0.203. The van der Waals surface area contributed by atoms with Crippen molar-refractivity contribution in [2.24, 2.45) is 0 Å². The molecule has 19 heavy (non-hydrogen) atoms. The lowest BCUT2D eigenvalue weighted by Crippen LogP contribution is -2.35. The molecule has 0 aromatic heterocycles. The minimum atomic E-state index is -3.13. The van der Waals surface area contributed by atoms with Gasteiger partial charge in [0.25, 0.3) is 0 Å². The summed E-state index contributed by atoms with van der Waals surface area (Å²) in [6, 6.07) is 6.27. The molecular weight excluding hydrogens is 324 g/mol. The van der Waals surface area contributed by atoms with E-state index >= 15 is 0 Å². The van der Waals surface area contributed by atoms with Crippen molar-refractivity contribution in [1.82, 2.24) is 0 Å². The lowest BCUT2D eigenvalue weighted by atomic mass is 9.95. The molecule has 0 fully saturated rings. The summed E-state index contributed by atoms with van der Waals surface area (Å²) in [6.07, 6.45) is 3.27. The van der Waals surface area contributed by atoms with Gasteiger partial charge in [0.2, 0.25) is 0 Å². The van der Waals surface area contributed by atoms with Crippen LogP contribution in [0.15, 0.2) is 18.2 Å². The van der Waals surface area contributed by atoms with Crippen LogP contribution in [-0.4, -0.2) is 19.4 Å². The van der Waals surface area contributed by atoms with Gasteiger partial charge in [-0.25, -0.2) is 8.42 Å². The van der Waals surface area contributed by atoms with E-state index < -0.39 is 14.6 Å². The van der Waals surface area contributed by atoms with E-state index in [1.54, 1.807) is 13.8 Å². The van der Waals surface area contributed by atoms with E-state index in [4.69, 9.17) is 0 Å². The molecule has 0 radical (unpaired) electrons. The predicted octanol–water partition coefficient (Wildman–Crippen LogP) is 4.07. The smallest absolute Gasteiger partial charge is 0.154 e. The zero-order valence-electron chi connectivity index (χ0n) is 12.3. The van der Waals surface area contributed by atoms with Crippen LogP contribution in [0.5, 0.6) is 0 Å². The number of alkyl halides is 1. The monoisotopic (exact) mass is 346 g/mol. The Morgan fingerprint density at radius 2 is 1.68 bits per heavy atom. The molecule has 2 nitrogen and oxygen atoms in total. The second kappa shape index (κ2) is 5.96. The van der Waals surface area contributed by atoms with Crippen LogP contribution in [0.25, 0.3) is 0 Å². The molecule has 4 heteroatoms. The first-order valence-electron chi connectivity index (χ1n) is 6.60. The van der Waals surface area contributed by atoms with Gasteiger partial charge in [0, 0.05) is 6.26 Å². The van der Waals surface area contributed by atoms with Crippen molar-refractivity contribution in [2.75, 3.05) is 6.26 Å². The van der Waals surface area contributed by atoms with Crippen LogP contribution in [0, 0.1) is 0 Å². The summed E-state index contributed by atoms with van der Waals surface area (Å²) < 4.78 is 23.0. The number of benzene rings is 1. The number of hydrogen-bond donors (Lipinski definition) is 0. The maximum atomic E-state index is 11.9. The molecule has 1 unspecified atom stereocenters. The van der Waals surface area contributed by atoms with Gasteiger partial charge in [-0.15, -0.1) is 0 Å². The molecule has 0 saturated carbocycles. The zero-order valence-corrected chi connectivity index (χ0v) is 14.7. The third-order valence-electron chi connectivity index (χ3n) is 3.85. The van der Waals surface area contributed by atoms with Crippen molar-refractivity contribution < 1.29 is 8.42 Å². The summed E-state index contributed by atoms with van der Waals surface area (Å²) in [5.74, 6) is 0. The van der Waals surface area contributed by atoms with Crippen LogP contribution in [0.4, 0.5) is 0 Å². The second-order valence-corrected chi connectivity index (χ2v) is 8.99. The highest BCUT2D eigenvalue weighted by atomic mass is 79.9. The highest BCUT2D eigenvalue weighted by molar-refractivity contribution is 9.09. The first-order valence-corrected chi connectivity index (χ1v) is 9.41. The molecule has 0 N–H and O–H groups in total. The fraction of sp³-hybridized carbons (Fsp3) is 0.600. The Labute approximate surface area is 125 Å². The van der Waals surface area contributed by atoms with Gasteiger partial charge < -0.3 is 0 Å².